The Morgan fingerprint density at radius 2 is 1.95 bits per heavy atom. The van der Waals surface area contributed by atoms with E-state index < -0.39 is 44.5 Å². The van der Waals surface area contributed by atoms with Gasteiger partial charge in [-0.25, -0.2) is 18.4 Å². The van der Waals surface area contributed by atoms with Crippen LogP contribution >= 0.6 is 0 Å². The highest BCUT2D eigenvalue weighted by atomic mass is 32.2. The van der Waals surface area contributed by atoms with Crippen molar-refractivity contribution in [2.24, 2.45) is 5.14 Å². The van der Waals surface area contributed by atoms with Crippen molar-refractivity contribution in [1.82, 2.24) is 0 Å². The summed E-state index contributed by atoms with van der Waals surface area (Å²) in [5.41, 5.74) is -0.729. The summed E-state index contributed by atoms with van der Waals surface area (Å²) in [5.74, 6) is -2.24. The molecule has 0 radical (unpaired) electrons. The molecule has 0 aliphatic heterocycles. The Kier molecular flexibility index (Phi) is 4.30. The summed E-state index contributed by atoms with van der Waals surface area (Å²) in [7, 11) is -4.17. The third-order valence-corrected chi connectivity index (χ3v) is 3.19. The van der Waals surface area contributed by atoms with E-state index in [4.69, 9.17) is 10.2 Å². The van der Waals surface area contributed by atoms with Gasteiger partial charge in [-0.2, -0.15) is 13.2 Å². The van der Waals surface area contributed by atoms with Crippen LogP contribution in [-0.2, 0) is 10.0 Å². The summed E-state index contributed by atoms with van der Waals surface area (Å²) in [5, 5.41) is 13.7. The monoisotopic (exact) mass is 313 g/mol. The number of carbonyl (C=O) groups is 1. The van der Waals surface area contributed by atoms with Crippen LogP contribution in [0.15, 0.2) is 23.1 Å². The third kappa shape index (κ3) is 3.84. The molecule has 3 N–H and O–H groups in total. The molecule has 1 unspecified atom stereocenters. The van der Waals surface area contributed by atoms with E-state index in [1.165, 1.54) is 0 Å². The fourth-order valence-electron chi connectivity index (χ4n) is 1.21. The number of halogens is 3. The summed E-state index contributed by atoms with van der Waals surface area (Å²) >= 11 is 0. The van der Waals surface area contributed by atoms with Crippen molar-refractivity contribution in [2.45, 2.75) is 24.1 Å². The normalized spacial score (nSPS) is 13.8. The molecule has 10 heteroatoms. The van der Waals surface area contributed by atoms with Gasteiger partial charge in [0.15, 0.2) is 6.10 Å². The molecule has 1 aromatic rings. The second-order valence-corrected chi connectivity index (χ2v) is 5.37. The van der Waals surface area contributed by atoms with E-state index in [1.807, 2.05) is 0 Å². The maximum absolute atomic E-state index is 12.3. The number of nitrogens with two attached hydrogens (primary N) is 1. The van der Waals surface area contributed by atoms with Gasteiger partial charge in [0.05, 0.1) is 4.90 Å². The Morgan fingerprint density at radius 1 is 1.40 bits per heavy atom. The van der Waals surface area contributed by atoms with Gasteiger partial charge in [0, 0.05) is 0 Å². The lowest BCUT2D eigenvalue weighted by molar-refractivity contribution is -0.189. The third-order valence-electron chi connectivity index (χ3n) is 2.27. The maximum Gasteiger partial charge on any atom is 0.425 e. The Bertz CT molecular complexity index is 626. The molecule has 0 saturated carbocycles. The molecule has 6 nitrogen and oxygen atoms in total. The van der Waals surface area contributed by atoms with Gasteiger partial charge in [0.25, 0.3) is 0 Å². The molecule has 20 heavy (non-hydrogen) atoms. The zero-order valence-corrected chi connectivity index (χ0v) is 10.8. The molecule has 1 aromatic carbocycles. The van der Waals surface area contributed by atoms with Crippen LogP contribution in [-0.4, -0.2) is 31.8 Å². The zero-order valence-electron chi connectivity index (χ0n) is 10.0. The number of alkyl halides is 3. The first-order valence-electron chi connectivity index (χ1n) is 5.06. The first-order chi connectivity index (χ1) is 8.93. The highest BCUT2D eigenvalue weighted by Gasteiger charge is 2.38. The minimum absolute atomic E-state index is 0.540. The van der Waals surface area contributed by atoms with E-state index in [9.17, 15) is 26.4 Å². The molecular formula is C10H10F3NO5S. The molecule has 0 aliphatic carbocycles. The molecule has 112 valence electrons. The number of aromatic carboxylic acids is 1. The van der Waals surface area contributed by atoms with Crippen molar-refractivity contribution >= 4 is 16.0 Å². The van der Waals surface area contributed by atoms with E-state index in [-0.39, 0.29) is 0 Å². The van der Waals surface area contributed by atoms with E-state index in [0.29, 0.717) is 13.0 Å². The average molecular weight is 313 g/mol. The summed E-state index contributed by atoms with van der Waals surface area (Å²) in [4.78, 5) is 10.4. The van der Waals surface area contributed by atoms with E-state index >= 15 is 0 Å². The van der Waals surface area contributed by atoms with Gasteiger partial charge in [-0.05, 0) is 25.1 Å². The lowest BCUT2D eigenvalue weighted by Gasteiger charge is -2.19. The van der Waals surface area contributed by atoms with Gasteiger partial charge in [0.2, 0.25) is 10.0 Å². The van der Waals surface area contributed by atoms with E-state index in [2.05, 4.69) is 4.74 Å². The first-order valence-corrected chi connectivity index (χ1v) is 6.61. The van der Waals surface area contributed by atoms with Crippen LogP contribution in [0.1, 0.15) is 17.3 Å². The van der Waals surface area contributed by atoms with Gasteiger partial charge in [-0.3, -0.25) is 0 Å². The molecule has 0 heterocycles. The van der Waals surface area contributed by atoms with Crippen molar-refractivity contribution in [2.75, 3.05) is 0 Å². The number of rotatable bonds is 4. The zero-order chi connectivity index (χ0) is 15.7. The fourth-order valence-corrected chi connectivity index (χ4v) is 1.75. The number of benzene rings is 1. The summed E-state index contributed by atoms with van der Waals surface area (Å²) < 4.78 is 63.7. The smallest absolute Gasteiger partial charge is 0.425 e. The predicted molar refractivity (Wildman–Crippen MR) is 60.9 cm³/mol. The van der Waals surface area contributed by atoms with Crippen molar-refractivity contribution in [3.63, 3.8) is 0 Å². The van der Waals surface area contributed by atoms with Crippen LogP contribution < -0.4 is 9.88 Å². The first kappa shape index (κ1) is 16.2. The van der Waals surface area contributed by atoms with Crippen LogP contribution in [0.5, 0.6) is 5.75 Å². The highest BCUT2D eigenvalue weighted by molar-refractivity contribution is 7.89. The van der Waals surface area contributed by atoms with Crippen molar-refractivity contribution in [3.8, 4) is 5.75 Å². The van der Waals surface area contributed by atoms with Gasteiger partial charge in [0.1, 0.15) is 11.3 Å². The van der Waals surface area contributed by atoms with E-state index in [1.54, 1.807) is 0 Å². The SMILES string of the molecule is CC(Oc1ccc(S(N)(=O)=O)cc1C(=O)O)C(F)(F)F. The fraction of sp³-hybridized carbons (Fsp3) is 0.300. The van der Waals surface area contributed by atoms with Gasteiger partial charge in [-0.15, -0.1) is 0 Å². The molecule has 0 spiro atoms. The van der Waals surface area contributed by atoms with Crippen LogP contribution in [0.3, 0.4) is 0 Å². The van der Waals surface area contributed by atoms with Crippen LogP contribution in [0.4, 0.5) is 13.2 Å². The minimum Gasteiger partial charge on any atom is -0.480 e. The lowest BCUT2D eigenvalue weighted by Crippen LogP contribution is -2.31. The molecule has 0 aliphatic rings. The van der Waals surface area contributed by atoms with Crippen LogP contribution in [0, 0.1) is 0 Å². The highest BCUT2D eigenvalue weighted by Crippen LogP contribution is 2.28. The number of hydrogen-bond acceptors (Lipinski definition) is 4. The van der Waals surface area contributed by atoms with Gasteiger partial charge in [-0.1, -0.05) is 0 Å². The van der Waals surface area contributed by atoms with Gasteiger partial charge < -0.3 is 9.84 Å². The summed E-state index contributed by atoms with van der Waals surface area (Å²) in [6.45, 7) is 0.694. The molecule has 0 amide bonds. The maximum atomic E-state index is 12.3. The Morgan fingerprint density at radius 3 is 2.35 bits per heavy atom. The number of carboxylic acid groups (broad SMARTS) is 1. The summed E-state index contributed by atoms with van der Waals surface area (Å²) in [6, 6.07) is 2.31. The van der Waals surface area contributed by atoms with Crippen LogP contribution in [0.25, 0.3) is 0 Å². The summed E-state index contributed by atoms with van der Waals surface area (Å²) in [6.07, 6.45) is -6.94. The molecule has 0 saturated heterocycles. The van der Waals surface area contributed by atoms with Crippen molar-refractivity contribution in [1.29, 1.82) is 0 Å². The number of carboxylic acids is 1. The standard InChI is InChI=1S/C10H10F3NO5S/c1-5(10(11,12)13)19-8-3-2-6(20(14,17)18)4-7(8)9(15)16/h2-5H,1H3,(H,15,16)(H2,14,17,18). The number of sulfonamides is 1. The Hall–Kier alpha value is -1.81. The number of ether oxygens (including phenoxy) is 1. The van der Waals surface area contributed by atoms with E-state index in [0.717, 1.165) is 12.1 Å². The quantitative estimate of drug-likeness (QED) is 0.873. The molecule has 0 fully saturated rings. The molecule has 1 atom stereocenters. The second-order valence-electron chi connectivity index (χ2n) is 3.81. The average Bonchev–Trinajstić information content (AvgIpc) is 2.26. The second kappa shape index (κ2) is 5.29. The molecule has 0 bridgehead atoms. The Labute approximate surface area is 112 Å². The molecule has 0 aromatic heterocycles. The lowest BCUT2D eigenvalue weighted by atomic mass is 10.2. The molecule has 1 rings (SSSR count). The predicted octanol–water partition coefficient (Wildman–Crippen LogP) is 1.36. The topological polar surface area (TPSA) is 107 Å². The Balaban J connectivity index is 3.25. The molecular weight excluding hydrogens is 303 g/mol. The largest absolute Gasteiger partial charge is 0.480 e. The number of hydrogen-bond donors (Lipinski definition) is 2. The van der Waals surface area contributed by atoms with Crippen LogP contribution in [0.2, 0.25) is 0 Å². The van der Waals surface area contributed by atoms with Gasteiger partial charge >= 0.3 is 12.1 Å². The van der Waals surface area contributed by atoms with Crippen molar-refractivity contribution in [3.05, 3.63) is 23.8 Å². The van der Waals surface area contributed by atoms with Crippen molar-refractivity contribution < 1.29 is 36.2 Å². The minimum atomic E-state index is -4.69. The number of primary sulfonamides is 1.